The number of amides is 2. The van der Waals surface area contributed by atoms with Crippen molar-refractivity contribution >= 4 is 34.8 Å². The van der Waals surface area contributed by atoms with Crippen LogP contribution in [-0.2, 0) is 9.59 Å². The molecule has 0 fully saturated rings. The molecule has 1 aliphatic heterocycles. The van der Waals surface area contributed by atoms with Crippen LogP contribution in [0.25, 0.3) is 5.57 Å². The summed E-state index contributed by atoms with van der Waals surface area (Å²) in [4.78, 5) is 27.5. The molecular formula is C20H18FNO2S. The van der Waals surface area contributed by atoms with E-state index in [1.165, 1.54) is 36.0 Å². The predicted octanol–water partition coefficient (Wildman–Crippen LogP) is 4.56. The summed E-state index contributed by atoms with van der Waals surface area (Å²) in [5, 5.41) is 0.153. The number of anilines is 1. The summed E-state index contributed by atoms with van der Waals surface area (Å²) in [6.45, 7) is 5.92. The van der Waals surface area contributed by atoms with Gasteiger partial charge >= 0.3 is 0 Å². The third-order valence-electron chi connectivity index (χ3n) is 3.82. The molecule has 25 heavy (non-hydrogen) atoms. The molecule has 0 spiro atoms. The number of aryl methyl sites for hydroxylation is 1. The maximum Gasteiger partial charge on any atom is 0.272 e. The maximum absolute atomic E-state index is 13.2. The molecular weight excluding hydrogens is 337 g/mol. The lowest BCUT2D eigenvalue weighted by atomic mass is 10.0. The van der Waals surface area contributed by atoms with E-state index in [0.29, 0.717) is 16.2 Å². The first-order chi connectivity index (χ1) is 11.9. The summed E-state index contributed by atoms with van der Waals surface area (Å²) in [6.07, 6.45) is 0. The Hall–Kier alpha value is -2.40. The van der Waals surface area contributed by atoms with Gasteiger partial charge < -0.3 is 0 Å². The number of hydrogen-bond acceptors (Lipinski definition) is 3. The minimum Gasteiger partial charge on any atom is -0.268 e. The number of carbonyl (C=O) groups excluding carboxylic acids is 2. The van der Waals surface area contributed by atoms with E-state index in [2.05, 4.69) is 0 Å². The number of hydrogen-bond donors (Lipinski definition) is 0. The lowest BCUT2D eigenvalue weighted by molar-refractivity contribution is -0.119. The van der Waals surface area contributed by atoms with E-state index in [-0.39, 0.29) is 17.1 Å². The van der Waals surface area contributed by atoms with Crippen LogP contribution in [0.2, 0.25) is 0 Å². The van der Waals surface area contributed by atoms with Gasteiger partial charge in [-0.3, -0.25) is 9.59 Å². The highest BCUT2D eigenvalue weighted by Crippen LogP contribution is 2.39. The average Bonchev–Trinajstić information content (AvgIpc) is 2.80. The molecule has 3 rings (SSSR count). The molecule has 2 aromatic rings. The maximum atomic E-state index is 13.2. The molecule has 1 aliphatic rings. The van der Waals surface area contributed by atoms with E-state index in [4.69, 9.17) is 0 Å². The quantitative estimate of drug-likeness (QED) is 0.755. The van der Waals surface area contributed by atoms with Crippen LogP contribution >= 0.6 is 11.8 Å². The van der Waals surface area contributed by atoms with Crippen molar-refractivity contribution < 1.29 is 14.0 Å². The fraction of sp³-hybridized carbons (Fsp3) is 0.200. The van der Waals surface area contributed by atoms with Crippen LogP contribution in [0, 0.1) is 12.7 Å². The van der Waals surface area contributed by atoms with Crippen LogP contribution in [0.3, 0.4) is 0 Å². The first-order valence-electron chi connectivity index (χ1n) is 8.01. The molecule has 2 aromatic carbocycles. The molecule has 2 amide bonds. The molecule has 0 radical (unpaired) electrons. The van der Waals surface area contributed by atoms with E-state index in [0.717, 1.165) is 16.0 Å². The van der Waals surface area contributed by atoms with Crippen molar-refractivity contribution in [3.05, 3.63) is 70.4 Å². The molecule has 0 aliphatic carbocycles. The second-order valence-corrected chi connectivity index (χ2v) is 7.75. The zero-order valence-corrected chi connectivity index (χ0v) is 15.1. The van der Waals surface area contributed by atoms with Gasteiger partial charge in [0.1, 0.15) is 5.82 Å². The SMILES string of the molecule is Cc1ccc(C2=C(SC(C)C)C(=O)N(c3ccc(F)cc3)C2=O)cc1. The lowest BCUT2D eigenvalue weighted by Gasteiger charge is -2.15. The van der Waals surface area contributed by atoms with Gasteiger partial charge in [0.2, 0.25) is 0 Å². The van der Waals surface area contributed by atoms with Gasteiger partial charge in [-0.1, -0.05) is 43.7 Å². The van der Waals surface area contributed by atoms with Crippen molar-refractivity contribution in [2.75, 3.05) is 4.90 Å². The summed E-state index contributed by atoms with van der Waals surface area (Å²) in [5.74, 6) is -1.14. The summed E-state index contributed by atoms with van der Waals surface area (Å²) in [6, 6.07) is 12.9. The van der Waals surface area contributed by atoms with Crippen molar-refractivity contribution in [1.82, 2.24) is 0 Å². The van der Waals surface area contributed by atoms with Crippen LogP contribution in [0.1, 0.15) is 25.0 Å². The van der Waals surface area contributed by atoms with Crippen molar-refractivity contribution in [3.63, 3.8) is 0 Å². The molecule has 0 saturated carbocycles. The second-order valence-electron chi connectivity index (χ2n) is 6.16. The summed E-state index contributed by atoms with van der Waals surface area (Å²) < 4.78 is 13.2. The summed E-state index contributed by atoms with van der Waals surface area (Å²) in [5.41, 5.74) is 2.58. The largest absolute Gasteiger partial charge is 0.272 e. The van der Waals surface area contributed by atoms with Crippen molar-refractivity contribution in [2.45, 2.75) is 26.0 Å². The second kappa shape index (κ2) is 6.84. The van der Waals surface area contributed by atoms with E-state index in [1.807, 2.05) is 45.0 Å². The molecule has 0 aromatic heterocycles. The Kier molecular flexibility index (Phi) is 4.77. The molecule has 1 heterocycles. The van der Waals surface area contributed by atoms with Gasteiger partial charge in [0, 0.05) is 5.25 Å². The molecule has 0 N–H and O–H groups in total. The van der Waals surface area contributed by atoms with Crippen molar-refractivity contribution in [1.29, 1.82) is 0 Å². The van der Waals surface area contributed by atoms with Crippen LogP contribution in [0.4, 0.5) is 10.1 Å². The standard InChI is InChI=1S/C20H18FNO2S/c1-12(2)25-18-17(14-6-4-13(3)5-7-14)19(23)22(20(18)24)16-10-8-15(21)9-11-16/h4-12H,1-3H3. The number of imide groups is 1. The molecule has 3 nitrogen and oxygen atoms in total. The Morgan fingerprint density at radius 3 is 2.08 bits per heavy atom. The van der Waals surface area contributed by atoms with E-state index < -0.39 is 5.82 Å². The Morgan fingerprint density at radius 1 is 0.920 bits per heavy atom. The van der Waals surface area contributed by atoms with Gasteiger partial charge in [-0.15, -0.1) is 11.8 Å². The first-order valence-corrected chi connectivity index (χ1v) is 8.88. The smallest absolute Gasteiger partial charge is 0.268 e. The topological polar surface area (TPSA) is 37.4 Å². The molecule has 0 saturated heterocycles. The number of carbonyl (C=O) groups is 2. The van der Waals surface area contributed by atoms with Crippen molar-refractivity contribution in [2.24, 2.45) is 0 Å². The predicted molar refractivity (Wildman–Crippen MR) is 99.7 cm³/mol. The lowest BCUT2D eigenvalue weighted by Crippen LogP contribution is -2.31. The van der Waals surface area contributed by atoms with Gasteiger partial charge in [-0.25, -0.2) is 9.29 Å². The normalized spacial score (nSPS) is 14.8. The van der Waals surface area contributed by atoms with Gasteiger partial charge in [0.05, 0.1) is 16.2 Å². The monoisotopic (exact) mass is 355 g/mol. The molecule has 0 atom stereocenters. The fourth-order valence-electron chi connectivity index (χ4n) is 2.65. The number of thioether (sulfide) groups is 1. The zero-order valence-electron chi connectivity index (χ0n) is 14.2. The minimum absolute atomic E-state index is 0.153. The fourth-order valence-corrected chi connectivity index (χ4v) is 3.64. The van der Waals surface area contributed by atoms with Gasteiger partial charge in [-0.2, -0.15) is 0 Å². The molecule has 0 bridgehead atoms. The van der Waals surface area contributed by atoms with Crippen LogP contribution in [0.15, 0.2) is 53.4 Å². The van der Waals surface area contributed by atoms with Crippen LogP contribution < -0.4 is 4.90 Å². The number of halogens is 1. The minimum atomic E-state index is -0.411. The highest BCUT2D eigenvalue weighted by atomic mass is 32.2. The molecule has 5 heteroatoms. The zero-order chi connectivity index (χ0) is 18.1. The van der Waals surface area contributed by atoms with Crippen molar-refractivity contribution in [3.8, 4) is 0 Å². The van der Waals surface area contributed by atoms with Gasteiger partial charge in [-0.05, 0) is 36.8 Å². The van der Waals surface area contributed by atoms with Gasteiger partial charge in [0.25, 0.3) is 11.8 Å². The highest BCUT2D eigenvalue weighted by Gasteiger charge is 2.40. The third-order valence-corrected chi connectivity index (χ3v) is 4.91. The number of rotatable bonds is 4. The highest BCUT2D eigenvalue weighted by molar-refractivity contribution is 8.04. The first kappa shape index (κ1) is 17.4. The Balaban J connectivity index is 2.09. The number of benzene rings is 2. The van der Waals surface area contributed by atoms with E-state index in [9.17, 15) is 14.0 Å². The molecule has 128 valence electrons. The van der Waals surface area contributed by atoms with Crippen LogP contribution in [0.5, 0.6) is 0 Å². The molecule has 0 unspecified atom stereocenters. The average molecular weight is 355 g/mol. The van der Waals surface area contributed by atoms with E-state index in [1.54, 1.807) is 0 Å². The van der Waals surface area contributed by atoms with Crippen LogP contribution in [-0.4, -0.2) is 17.1 Å². The Labute approximate surface area is 150 Å². The summed E-state index contributed by atoms with van der Waals surface area (Å²) >= 11 is 1.38. The Morgan fingerprint density at radius 2 is 1.52 bits per heavy atom. The van der Waals surface area contributed by atoms with E-state index >= 15 is 0 Å². The third kappa shape index (κ3) is 3.37. The number of nitrogens with zero attached hydrogens (tertiary/aromatic N) is 1. The van der Waals surface area contributed by atoms with Gasteiger partial charge in [0.15, 0.2) is 0 Å². The Bertz CT molecular complexity index is 854. The summed E-state index contributed by atoms with van der Waals surface area (Å²) in [7, 11) is 0.